The molecule has 1 heterocycles. The third kappa shape index (κ3) is 6.68. The normalized spacial score (nSPS) is 12.2. The van der Waals surface area contributed by atoms with E-state index >= 15 is 0 Å². The maximum atomic E-state index is 11.6. The van der Waals surface area contributed by atoms with Gasteiger partial charge in [0.1, 0.15) is 0 Å². The number of carbonyl (C=O) groups excluding carboxylic acids is 1. The highest BCUT2D eigenvalue weighted by Crippen LogP contribution is 2.20. The fourth-order valence-corrected chi connectivity index (χ4v) is 1.97. The van der Waals surface area contributed by atoms with Gasteiger partial charge in [0.05, 0.1) is 7.05 Å². The Hall–Kier alpha value is -2.19. The van der Waals surface area contributed by atoms with E-state index in [0.29, 0.717) is 18.9 Å². The summed E-state index contributed by atoms with van der Waals surface area (Å²) in [6, 6.07) is -0.399. The van der Waals surface area contributed by atoms with E-state index in [1.807, 2.05) is 0 Å². The molecule has 2 amide bonds. The predicted octanol–water partition coefficient (Wildman–Crippen LogP) is 0.859. The molecule has 0 saturated carbocycles. The number of carboxylic acids is 1. The van der Waals surface area contributed by atoms with Crippen LogP contribution in [0.15, 0.2) is 0 Å². The van der Waals surface area contributed by atoms with Crippen LogP contribution in [-0.4, -0.2) is 43.9 Å². The van der Waals surface area contributed by atoms with Crippen LogP contribution in [0.5, 0.6) is 0 Å². The lowest BCUT2D eigenvalue weighted by Gasteiger charge is -2.20. The number of aryl methyl sites for hydroxylation is 1. The van der Waals surface area contributed by atoms with E-state index in [4.69, 9.17) is 5.11 Å². The minimum atomic E-state index is -0.792. The molecule has 0 aromatic carbocycles. The van der Waals surface area contributed by atoms with Crippen LogP contribution in [0.3, 0.4) is 0 Å². The van der Waals surface area contributed by atoms with E-state index in [-0.39, 0.29) is 18.3 Å². The lowest BCUT2D eigenvalue weighted by Crippen LogP contribution is -2.31. The average molecular weight is 298 g/mol. The van der Waals surface area contributed by atoms with Crippen molar-refractivity contribution in [2.45, 2.75) is 33.1 Å². The van der Waals surface area contributed by atoms with Gasteiger partial charge in [-0.05, 0) is 29.9 Å². The van der Waals surface area contributed by atoms with Crippen molar-refractivity contribution in [2.24, 2.45) is 18.9 Å². The van der Waals surface area contributed by atoms with Crippen LogP contribution in [0.25, 0.3) is 0 Å². The molecule has 9 nitrogen and oxygen atoms in total. The number of nitrogens with zero attached hydrogens (tertiary/aromatic N) is 4. The van der Waals surface area contributed by atoms with Gasteiger partial charge in [0.2, 0.25) is 0 Å². The molecule has 1 rings (SSSR count). The van der Waals surface area contributed by atoms with E-state index in [1.165, 1.54) is 4.80 Å². The molecule has 0 aliphatic carbocycles. The molecule has 0 bridgehead atoms. The first-order valence-electron chi connectivity index (χ1n) is 6.89. The molecular weight excluding hydrogens is 276 g/mol. The molecule has 9 heteroatoms. The second kappa shape index (κ2) is 8.18. The molecule has 21 heavy (non-hydrogen) atoms. The Kier molecular flexibility index (Phi) is 6.57. The fourth-order valence-electron chi connectivity index (χ4n) is 1.97. The number of hydrogen-bond donors (Lipinski definition) is 3. The second-order valence-corrected chi connectivity index (χ2v) is 5.21. The van der Waals surface area contributed by atoms with Gasteiger partial charge in [0.25, 0.3) is 5.95 Å². The van der Waals surface area contributed by atoms with Crippen LogP contribution in [0.4, 0.5) is 10.7 Å². The van der Waals surface area contributed by atoms with Gasteiger partial charge in [-0.25, -0.2) is 4.79 Å². The number of carboxylic acid groups (broad SMARTS) is 1. The highest BCUT2D eigenvalue weighted by Gasteiger charge is 2.15. The van der Waals surface area contributed by atoms with Crippen LogP contribution >= 0.6 is 0 Å². The van der Waals surface area contributed by atoms with E-state index in [9.17, 15) is 9.59 Å². The number of urea groups is 1. The van der Waals surface area contributed by atoms with Crippen molar-refractivity contribution in [1.29, 1.82) is 0 Å². The summed E-state index contributed by atoms with van der Waals surface area (Å²) in [5.41, 5.74) is 0. The van der Waals surface area contributed by atoms with Crippen molar-refractivity contribution < 1.29 is 14.7 Å². The standard InChI is InChI=1S/C12H22N6O3/c1-8(2)9(4-5-10(19)20)6-7-13-12(21)14-11-15-17-18(3)16-11/h8-9H,4-7H2,1-3H3,(H,19,20)(H2,13,14,16,21). The molecule has 0 aliphatic heterocycles. The second-order valence-electron chi connectivity index (χ2n) is 5.21. The van der Waals surface area contributed by atoms with Crippen molar-refractivity contribution in [3.05, 3.63) is 0 Å². The van der Waals surface area contributed by atoms with E-state index in [0.717, 1.165) is 6.42 Å². The van der Waals surface area contributed by atoms with Crippen molar-refractivity contribution >= 4 is 17.9 Å². The van der Waals surface area contributed by atoms with Crippen molar-refractivity contribution in [2.75, 3.05) is 11.9 Å². The Balaban J connectivity index is 2.29. The number of hydrogen-bond acceptors (Lipinski definition) is 5. The highest BCUT2D eigenvalue weighted by atomic mass is 16.4. The molecule has 1 aromatic rings. The molecule has 1 atom stereocenters. The van der Waals surface area contributed by atoms with Gasteiger partial charge in [-0.3, -0.25) is 10.1 Å². The monoisotopic (exact) mass is 298 g/mol. The Labute approximate surface area is 123 Å². The van der Waals surface area contributed by atoms with E-state index < -0.39 is 12.0 Å². The first-order valence-corrected chi connectivity index (χ1v) is 6.89. The number of amides is 2. The molecular formula is C12H22N6O3. The van der Waals surface area contributed by atoms with Gasteiger partial charge in [-0.1, -0.05) is 18.9 Å². The van der Waals surface area contributed by atoms with Crippen LogP contribution in [0, 0.1) is 11.8 Å². The minimum absolute atomic E-state index is 0.140. The quantitative estimate of drug-likeness (QED) is 0.654. The Morgan fingerprint density at radius 3 is 2.57 bits per heavy atom. The minimum Gasteiger partial charge on any atom is -0.481 e. The summed E-state index contributed by atoms with van der Waals surface area (Å²) in [5.74, 6) is -0.0201. The maximum absolute atomic E-state index is 11.6. The van der Waals surface area contributed by atoms with Crippen molar-refractivity contribution in [1.82, 2.24) is 25.5 Å². The maximum Gasteiger partial charge on any atom is 0.321 e. The summed E-state index contributed by atoms with van der Waals surface area (Å²) >= 11 is 0. The Bertz CT molecular complexity index is 473. The third-order valence-electron chi connectivity index (χ3n) is 3.21. The SMILES string of the molecule is CC(C)C(CCNC(=O)Nc1nnn(C)n1)CCC(=O)O. The number of nitrogens with one attached hydrogen (secondary N) is 2. The lowest BCUT2D eigenvalue weighted by molar-refractivity contribution is -0.137. The molecule has 118 valence electrons. The van der Waals surface area contributed by atoms with Gasteiger partial charge in [0.15, 0.2) is 0 Å². The van der Waals surface area contributed by atoms with Gasteiger partial charge in [0, 0.05) is 13.0 Å². The molecule has 0 spiro atoms. The fraction of sp³-hybridized carbons (Fsp3) is 0.750. The molecule has 1 unspecified atom stereocenters. The highest BCUT2D eigenvalue weighted by molar-refractivity contribution is 5.87. The van der Waals surface area contributed by atoms with Crippen LogP contribution in [-0.2, 0) is 11.8 Å². The summed E-state index contributed by atoms with van der Waals surface area (Å²) < 4.78 is 0. The topological polar surface area (TPSA) is 122 Å². The van der Waals surface area contributed by atoms with Crippen LogP contribution < -0.4 is 10.6 Å². The molecule has 0 saturated heterocycles. The summed E-state index contributed by atoms with van der Waals surface area (Å²) in [6.45, 7) is 4.57. The van der Waals surface area contributed by atoms with Crippen LogP contribution in [0.2, 0.25) is 0 Å². The van der Waals surface area contributed by atoms with E-state index in [2.05, 4.69) is 39.9 Å². The first-order chi connectivity index (χ1) is 9.88. The van der Waals surface area contributed by atoms with Crippen molar-refractivity contribution in [3.8, 4) is 0 Å². The zero-order valence-corrected chi connectivity index (χ0v) is 12.5. The average Bonchev–Trinajstić information content (AvgIpc) is 2.78. The first kappa shape index (κ1) is 16.9. The summed E-state index contributed by atoms with van der Waals surface area (Å²) in [7, 11) is 1.60. The molecule has 1 aromatic heterocycles. The number of carbonyl (C=O) groups is 2. The number of aliphatic carboxylic acids is 1. The smallest absolute Gasteiger partial charge is 0.321 e. The van der Waals surface area contributed by atoms with Gasteiger partial charge >= 0.3 is 12.0 Å². The van der Waals surface area contributed by atoms with Crippen LogP contribution in [0.1, 0.15) is 33.1 Å². The van der Waals surface area contributed by atoms with Crippen molar-refractivity contribution in [3.63, 3.8) is 0 Å². The van der Waals surface area contributed by atoms with Gasteiger partial charge in [-0.15, -0.1) is 5.10 Å². The van der Waals surface area contributed by atoms with E-state index in [1.54, 1.807) is 7.05 Å². The Morgan fingerprint density at radius 2 is 2.05 bits per heavy atom. The lowest BCUT2D eigenvalue weighted by atomic mass is 9.88. The molecule has 3 N–H and O–H groups in total. The summed E-state index contributed by atoms with van der Waals surface area (Å²) in [6.07, 6.45) is 1.49. The zero-order chi connectivity index (χ0) is 15.8. The zero-order valence-electron chi connectivity index (χ0n) is 12.5. The Morgan fingerprint density at radius 1 is 1.33 bits per heavy atom. The number of aromatic nitrogens is 4. The third-order valence-corrected chi connectivity index (χ3v) is 3.21. The number of anilines is 1. The molecule has 0 radical (unpaired) electrons. The van der Waals surface area contributed by atoms with Gasteiger partial charge < -0.3 is 10.4 Å². The van der Waals surface area contributed by atoms with Gasteiger partial charge in [-0.2, -0.15) is 4.80 Å². The summed E-state index contributed by atoms with van der Waals surface area (Å²) in [5, 5.41) is 25.0. The molecule has 0 fully saturated rings. The summed E-state index contributed by atoms with van der Waals surface area (Å²) in [4.78, 5) is 23.5. The number of rotatable bonds is 8. The number of tetrazole rings is 1. The predicted molar refractivity (Wildman–Crippen MR) is 75.6 cm³/mol. The largest absolute Gasteiger partial charge is 0.481 e. The molecule has 0 aliphatic rings.